The summed E-state index contributed by atoms with van der Waals surface area (Å²) < 4.78 is 0. The first-order valence-electron chi connectivity index (χ1n) is 9.58. The Morgan fingerprint density at radius 1 is 0.931 bits per heavy atom. The molecule has 3 heterocycles. The van der Waals surface area contributed by atoms with Gasteiger partial charge < -0.3 is 15.1 Å². The van der Waals surface area contributed by atoms with Crippen LogP contribution in [0.1, 0.15) is 21.6 Å². The van der Waals surface area contributed by atoms with Gasteiger partial charge in [0.25, 0.3) is 5.91 Å². The van der Waals surface area contributed by atoms with E-state index in [1.807, 2.05) is 36.9 Å². The fourth-order valence-corrected chi connectivity index (χ4v) is 3.41. The van der Waals surface area contributed by atoms with Crippen LogP contribution in [0.5, 0.6) is 0 Å². The van der Waals surface area contributed by atoms with E-state index in [0.717, 1.165) is 16.8 Å². The van der Waals surface area contributed by atoms with Crippen molar-refractivity contribution in [1.82, 2.24) is 24.8 Å². The van der Waals surface area contributed by atoms with Gasteiger partial charge in [0.1, 0.15) is 17.8 Å². The highest BCUT2D eigenvalue weighted by Crippen LogP contribution is 2.23. The van der Waals surface area contributed by atoms with Crippen LogP contribution in [-0.4, -0.2) is 56.9 Å². The molecular formula is C21H23N7O. The Morgan fingerprint density at radius 2 is 1.62 bits per heavy atom. The van der Waals surface area contributed by atoms with Gasteiger partial charge in [0.2, 0.25) is 5.95 Å². The Kier molecular flexibility index (Phi) is 5.33. The van der Waals surface area contributed by atoms with E-state index in [0.29, 0.717) is 43.6 Å². The van der Waals surface area contributed by atoms with Gasteiger partial charge in [-0.05, 0) is 31.0 Å². The van der Waals surface area contributed by atoms with Gasteiger partial charge in [0.15, 0.2) is 0 Å². The highest BCUT2D eigenvalue weighted by molar-refractivity contribution is 5.93. The molecule has 8 heteroatoms. The molecule has 8 nitrogen and oxygen atoms in total. The minimum Gasteiger partial charge on any atom is -0.340 e. The summed E-state index contributed by atoms with van der Waals surface area (Å²) in [5.74, 6) is 1.21. The van der Waals surface area contributed by atoms with Crippen molar-refractivity contribution in [3.63, 3.8) is 0 Å². The molecule has 1 aliphatic rings. The molecule has 148 valence electrons. The van der Waals surface area contributed by atoms with Crippen molar-refractivity contribution in [2.45, 2.75) is 13.8 Å². The Morgan fingerprint density at radius 3 is 2.31 bits per heavy atom. The monoisotopic (exact) mass is 389 g/mol. The number of carbonyl (C=O) groups excluding carboxylic acids is 1. The minimum absolute atomic E-state index is 0.0921. The van der Waals surface area contributed by atoms with Crippen LogP contribution in [0.15, 0.2) is 49.1 Å². The average molecular weight is 389 g/mol. The van der Waals surface area contributed by atoms with E-state index >= 15 is 0 Å². The number of rotatable bonds is 4. The molecule has 1 amide bonds. The Labute approximate surface area is 169 Å². The molecule has 0 aliphatic carbocycles. The molecule has 1 aromatic carbocycles. The Bertz CT molecular complexity index is 981. The number of hydrogen-bond donors (Lipinski definition) is 1. The van der Waals surface area contributed by atoms with Gasteiger partial charge in [-0.2, -0.15) is 0 Å². The quantitative estimate of drug-likeness (QED) is 0.734. The summed E-state index contributed by atoms with van der Waals surface area (Å²) in [6.07, 6.45) is 4.88. The number of benzene rings is 1. The summed E-state index contributed by atoms with van der Waals surface area (Å²) >= 11 is 0. The van der Waals surface area contributed by atoms with Crippen LogP contribution in [0, 0.1) is 13.8 Å². The van der Waals surface area contributed by atoms with Crippen molar-refractivity contribution in [2.75, 3.05) is 36.4 Å². The smallest absolute Gasteiger partial charge is 0.272 e. The van der Waals surface area contributed by atoms with E-state index in [9.17, 15) is 4.79 Å². The van der Waals surface area contributed by atoms with Gasteiger partial charge in [-0.25, -0.2) is 19.9 Å². The highest BCUT2D eigenvalue weighted by Gasteiger charge is 2.24. The first-order valence-corrected chi connectivity index (χ1v) is 9.58. The van der Waals surface area contributed by atoms with Crippen LogP contribution >= 0.6 is 0 Å². The molecule has 29 heavy (non-hydrogen) atoms. The summed E-state index contributed by atoms with van der Waals surface area (Å²) in [5, 5.41) is 3.32. The number of para-hydroxylation sites is 1. The van der Waals surface area contributed by atoms with Gasteiger partial charge in [0, 0.05) is 50.3 Å². The SMILES string of the molecule is Cc1cccc(C)c1Nc1cc(C(=O)N2CCN(c3ncccn3)CC2)ncn1. The second kappa shape index (κ2) is 8.22. The number of nitrogens with zero attached hydrogens (tertiary/aromatic N) is 6. The fourth-order valence-electron chi connectivity index (χ4n) is 3.41. The summed E-state index contributed by atoms with van der Waals surface area (Å²) in [6, 6.07) is 9.60. The van der Waals surface area contributed by atoms with E-state index in [1.165, 1.54) is 6.33 Å². The number of anilines is 3. The third-order valence-corrected chi connectivity index (χ3v) is 5.02. The average Bonchev–Trinajstić information content (AvgIpc) is 2.77. The molecule has 0 spiro atoms. The first-order chi connectivity index (χ1) is 14.1. The van der Waals surface area contributed by atoms with E-state index in [1.54, 1.807) is 24.5 Å². The lowest BCUT2D eigenvalue weighted by Crippen LogP contribution is -2.49. The molecule has 0 saturated carbocycles. The molecule has 2 aromatic heterocycles. The maximum Gasteiger partial charge on any atom is 0.272 e. The lowest BCUT2D eigenvalue weighted by molar-refractivity contribution is 0.0740. The number of amides is 1. The van der Waals surface area contributed by atoms with Crippen LogP contribution in [0.4, 0.5) is 17.5 Å². The van der Waals surface area contributed by atoms with Crippen LogP contribution < -0.4 is 10.2 Å². The third-order valence-electron chi connectivity index (χ3n) is 5.02. The fraction of sp³-hybridized carbons (Fsp3) is 0.286. The molecule has 0 radical (unpaired) electrons. The van der Waals surface area contributed by atoms with Crippen molar-refractivity contribution in [3.8, 4) is 0 Å². The molecule has 1 fully saturated rings. The number of aryl methyl sites for hydroxylation is 2. The Hall–Kier alpha value is -3.55. The van der Waals surface area contributed by atoms with Crippen LogP contribution in [0.2, 0.25) is 0 Å². The molecule has 4 rings (SSSR count). The second-order valence-electron chi connectivity index (χ2n) is 7.01. The summed E-state index contributed by atoms with van der Waals surface area (Å²) in [6.45, 7) is 6.65. The van der Waals surface area contributed by atoms with Crippen molar-refractivity contribution < 1.29 is 4.79 Å². The maximum atomic E-state index is 12.9. The van der Waals surface area contributed by atoms with Crippen LogP contribution in [0.25, 0.3) is 0 Å². The molecular weight excluding hydrogens is 366 g/mol. The van der Waals surface area contributed by atoms with E-state index < -0.39 is 0 Å². The first kappa shape index (κ1) is 18.8. The molecule has 1 N–H and O–H groups in total. The molecule has 1 saturated heterocycles. The molecule has 3 aromatic rings. The zero-order valence-corrected chi connectivity index (χ0v) is 16.5. The maximum absolute atomic E-state index is 12.9. The molecule has 0 atom stereocenters. The molecule has 0 unspecified atom stereocenters. The van der Waals surface area contributed by atoms with Gasteiger partial charge in [0.05, 0.1) is 0 Å². The predicted molar refractivity (Wildman–Crippen MR) is 111 cm³/mol. The minimum atomic E-state index is -0.0921. The number of piperazine rings is 1. The normalized spacial score (nSPS) is 14.0. The van der Waals surface area contributed by atoms with Gasteiger partial charge in [-0.15, -0.1) is 0 Å². The van der Waals surface area contributed by atoms with Gasteiger partial charge in [-0.3, -0.25) is 4.79 Å². The van der Waals surface area contributed by atoms with Crippen LogP contribution in [0.3, 0.4) is 0 Å². The van der Waals surface area contributed by atoms with E-state index in [2.05, 4.69) is 30.2 Å². The molecule has 0 bridgehead atoms. The van der Waals surface area contributed by atoms with Crippen molar-refractivity contribution in [1.29, 1.82) is 0 Å². The number of aromatic nitrogens is 4. The van der Waals surface area contributed by atoms with Crippen LogP contribution in [-0.2, 0) is 0 Å². The van der Waals surface area contributed by atoms with Crippen molar-refractivity contribution in [3.05, 3.63) is 65.9 Å². The lowest BCUT2D eigenvalue weighted by Gasteiger charge is -2.34. The summed E-state index contributed by atoms with van der Waals surface area (Å²) in [4.78, 5) is 33.9. The zero-order chi connectivity index (χ0) is 20.2. The summed E-state index contributed by atoms with van der Waals surface area (Å²) in [5.41, 5.74) is 3.63. The number of carbonyl (C=O) groups is 1. The van der Waals surface area contributed by atoms with Gasteiger partial charge in [-0.1, -0.05) is 18.2 Å². The topological polar surface area (TPSA) is 87.1 Å². The standard InChI is InChI=1S/C21H23N7O/c1-15-5-3-6-16(2)19(15)26-18-13-17(24-14-25-18)20(29)27-9-11-28(12-10-27)21-22-7-4-8-23-21/h3-8,13-14H,9-12H2,1-2H3,(H,24,25,26). The Balaban J connectivity index is 1.44. The summed E-state index contributed by atoms with van der Waals surface area (Å²) in [7, 11) is 0. The van der Waals surface area contributed by atoms with Gasteiger partial charge >= 0.3 is 0 Å². The molecule has 1 aliphatic heterocycles. The van der Waals surface area contributed by atoms with E-state index in [4.69, 9.17) is 0 Å². The highest BCUT2D eigenvalue weighted by atomic mass is 16.2. The lowest BCUT2D eigenvalue weighted by atomic mass is 10.1. The van der Waals surface area contributed by atoms with Crippen molar-refractivity contribution in [2.24, 2.45) is 0 Å². The number of hydrogen-bond acceptors (Lipinski definition) is 7. The van der Waals surface area contributed by atoms with E-state index in [-0.39, 0.29) is 5.91 Å². The number of nitrogens with one attached hydrogen (secondary N) is 1. The third kappa shape index (κ3) is 4.16. The predicted octanol–water partition coefficient (Wildman–Crippen LogP) is 2.59. The largest absolute Gasteiger partial charge is 0.340 e. The second-order valence-corrected chi connectivity index (χ2v) is 7.01. The van der Waals surface area contributed by atoms with Crippen molar-refractivity contribution >= 4 is 23.4 Å². The zero-order valence-electron chi connectivity index (χ0n) is 16.5.